The Morgan fingerprint density at radius 1 is 0.944 bits per heavy atom. The molecule has 18 heavy (non-hydrogen) atoms. The molecule has 0 radical (unpaired) electrons. The van der Waals surface area contributed by atoms with Gasteiger partial charge in [0.15, 0.2) is 0 Å². The number of ether oxygens (including phenoxy) is 1. The first-order valence-corrected chi connectivity index (χ1v) is 7.34. The van der Waals surface area contributed by atoms with E-state index in [0.29, 0.717) is 31.0 Å². The number of aliphatic hydroxyl groups is 1. The molecule has 0 aliphatic heterocycles. The summed E-state index contributed by atoms with van der Waals surface area (Å²) in [5.41, 5.74) is 0. The smallest absolute Gasteiger partial charge is 0.0897 e. The predicted molar refractivity (Wildman–Crippen MR) is 77.8 cm³/mol. The Morgan fingerprint density at radius 2 is 1.50 bits per heavy atom. The minimum absolute atomic E-state index is 0.229. The van der Waals surface area contributed by atoms with Gasteiger partial charge in [0.25, 0.3) is 0 Å². The molecule has 0 fully saturated rings. The Kier molecular flexibility index (Phi) is 9.70. The predicted octanol–water partition coefficient (Wildman–Crippen LogP) is 2.82. The lowest BCUT2D eigenvalue weighted by atomic mass is 10.1. The van der Waals surface area contributed by atoms with Crippen LogP contribution in [-0.4, -0.2) is 36.5 Å². The second-order valence-corrected chi connectivity index (χ2v) is 6.37. The summed E-state index contributed by atoms with van der Waals surface area (Å²) < 4.78 is 5.64. The van der Waals surface area contributed by atoms with Crippen LogP contribution >= 0.6 is 0 Å². The molecule has 0 saturated carbocycles. The van der Waals surface area contributed by atoms with Gasteiger partial charge in [-0.3, -0.25) is 0 Å². The zero-order valence-corrected chi connectivity index (χ0v) is 13.1. The average Bonchev–Trinajstić information content (AvgIpc) is 2.21. The van der Waals surface area contributed by atoms with Crippen LogP contribution in [0.25, 0.3) is 0 Å². The molecule has 3 atom stereocenters. The van der Waals surface area contributed by atoms with E-state index in [1.165, 1.54) is 0 Å². The van der Waals surface area contributed by atoms with Crippen molar-refractivity contribution in [2.75, 3.05) is 13.2 Å². The lowest BCUT2D eigenvalue weighted by molar-refractivity contribution is -0.00926. The quantitative estimate of drug-likeness (QED) is 0.634. The van der Waals surface area contributed by atoms with Gasteiger partial charge in [0.1, 0.15) is 0 Å². The summed E-state index contributed by atoms with van der Waals surface area (Å²) in [6.07, 6.45) is 2.00. The van der Waals surface area contributed by atoms with E-state index in [4.69, 9.17) is 4.74 Å². The van der Waals surface area contributed by atoms with Crippen molar-refractivity contribution in [2.24, 2.45) is 11.8 Å². The summed E-state index contributed by atoms with van der Waals surface area (Å²) in [6, 6.07) is 0.452. The molecule has 0 heterocycles. The van der Waals surface area contributed by atoms with Crippen LogP contribution in [0.2, 0.25) is 0 Å². The molecule has 0 aromatic heterocycles. The van der Waals surface area contributed by atoms with Crippen molar-refractivity contribution < 1.29 is 9.84 Å². The Balaban J connectivity index is 3.61. The van der Waals surface area contributed by atoms with Crippen molar-refractivity contribution >= 4 is 0 Å². The van der Waals surface area contributed by atoms with Crippen molar-refractivity contribution in [3.63, 3.8) is 0 Å². The second kappa shape index (κ2) is 9.76. The molecule has 2 N–H and O–H groups in total. The van der Waals surface area contributed by atoms with Crippen LogP contribution in [0, 0.1) is 11.8 Å². The normalized spacial score (nSPS) is 17.2. The molecule has 0 saturated heterocycles. The summed E-state index contributed by atoms with van der Waals surface area (Å²) in [6.45, 7) is 14.1. The first-order chi connectivity index (χ1) is 8.31. The Hall–Kier alpha value is -0.120. The van der Waals surface area contributed by atoms with Crippen LogP contribution in [0.4, 0.5) is 0 Å². The highest BCUT2D eigenvalue weighted by molar-refractivity contribution is 4.67. The van der Waals surface area contributed by atoms with E-state index < -0.39 is 6.10 Å². The average molecular weight is 259 g/mol. The molecule has 0 spiro atoms. The van der Waals surface area contributed by atoms with Gasteiger partial charge in [0, 0.05) is 12.6 Å². The lowest BCUT2D eigenvalue weighted by Crippen LogP contribution is -2.37. The van der Waals surface area contributed by atoms with Gasteiger partial charge in [0.05, 0.1) is 18.8 Å². The topological polar surface area (TPSA) is 41.5 Å². The summed E-state index contributed by atoms with van der Waals surface area (Å²) in [7, 11) is 0. The molecule has 0 aromatic rings. The van der Waals surface area contributed by atoms with Gasteiger partial charge in [0.2, 0.25) is 0 Å². The zero-order chi connectivity index (χ0) is 14.1. The van der Waals surface area contributed by atoms with E-state index in [0.717, 1.165) is 12.8 Å². The third-order valence-electron chi connectivity index (χ3n) is 2.90. The minimum Gasteiger partial charge on any atom is -0.389 e. The largest absolute Gasteiger partial charge is 0.389 e. The van der Waals surface area contributed by atoms with Gasteiger partial charge in [-0.2, -0.15) is 0 Å². The van der Waals surface area contributed by atoms with Crippen LogP contribution in [0.1, 0.15) is 54.4 Å². The van der Waals surface area contributed by atoms with E-state index in [2.05, 4.69) is 46.9 Å². The van der Waals surface area contributed by atoms with Gasteiger partial charge in [-0.05, 0) is 38.5 Å². The molecule has 3 unspecified atom stereocenters. The fourth-order valence-electron chi connectivity index (χ4n) is 2.19. The Morgan fingerprint density at radius 3 is 2.00 bits per heavy atom. The van der Waals surface area contributed by atoms with E-state index >= 15 is 0 Å². The van der Waals surface area contributed by atoms with Gasteiger partial charge >= 0.3 is 0 Å². The number of rotatable bonds is 10. The van der Waals surface area contributed by atoms with Gasteiger partial charge in [-0.25, -0.2) is 0 Å². The van der Waals surface area contributed by atoms with E-state index in [-0.39, 0.29) is 6.10 Å². The maximum atomic E-state index is 9.83. The highest BCUT2D eigenvalue weighted by atomic mass is 16.5. The number of hydrogen-bond donors (Lipinski definition) is 2. The Labute approximate surface area is 113 Å². The molecule has 0 amide bonds. The van der Waals surface area contributed by atoms with Crippen LogP contribution in [0.15, 0.2) is 0 Å². The van der Waals surface area contributed by atoms with Crippen LogP contribution < -0.4 is 5.32 Å². The number of nitrogens with one attached hydrogen (secondary N) is 1. The van der Waals surface area contributed by atoms with Crippen molar-refractivity contribution in [1.29, 1.82) is 0 Å². The molecule has 0 rings (SSSR count). The van der Waals surface area contributed by atoms with Gasteiger partial charge < -0.3 is 15.2 Å². The maximum Gasteiger partial charge on any atom is 0.0897 e. The van der Waals surface area contributed by atoms with Crippen LogP contribution in [0.5, 0.6) is 0 Å². The standard InChI is InChI=1S/C15H33NO2/c1-11(2)7-13(5)16-9-15(17)10-18-14(6)8-12(3)4/h11-17H,7-10H2,1-6H3. The molecular weight excluding hydrogens is 226 g/mol. The molecule has 0 aromatic carbocycles. The number of aliphatic hydroxyl groups excluding tert-OH is 1. The highest BCUT2D eigenvalue weighted by Gasteiger charge is 2.11. The SMILES string of the molecule is CC(C)CC(C)NCC(O)COC(C)CC(C)C. The van der Waals surface area contributed by atoms with E-state index in [9.17, 15) is 5.11 Å². The second-order valence-electron chi connectivity index (χ2n) is 6.37. The maximum absolute atomic E-state index is 9.83. The molecular formula is C15H33NO2. The van der Waals surface area contributed by atoms with Crippen molar-refractivity contribution in [1.82, 2.24) is 5.32 Å². The summed E-state index contributed by atoms with van der Waals surface area (Å²) >= 11 is 0. The Bertz CT molecular complexity index is 175. The fourth-order valence-corrected chi connectivity index (χ4v) is 2.19. The zero-order valence-electron chi connectivity index (χ0n) is 13.1. The van der Waals surface area contributed by atoms with Crippen LogP contribution in [-0.2, 0) is 4.74 Å². The fraction of sp³-hybridized carbons (Fsp3) is 1.00. The van der Waals surface area contributed by atoms with E-state index in [1.807, 2.05) is 0 Å². The lowest BCUT2D eigenvalue weighted by Gasteiger charge is -2.21. The minimum atomic E-state index is -0.408. The first-order valence-electron chi connectivity index (χ1n) is 7.34. The summed E-state index contributed by atoms with van der Waals surface area (Å²) in [5, 5.41) is 13.2. The highest BCUT2D eigenvalue weighted by Crippen LogP contribution is 2.08. The monoisotopic (exact) mass is 259 g/mol. The van der Waals surface area contributed by atoms with Crippen molar-refractivity contribution in [2.45, 2.75) is 72.6 Å². The molecule has 0 aliphatic carbocycles. The third-order valence-corrected chi connectivity index (χ3v) is 2.90. The van der Waals surface area contributed by atoms with E-state index in [1.54, 1.807) is 0 Å². The number of hydrogen-bond acceptors (Lipinski definition) is 3. The summed E-state index contributed by atoms with van der Waals surface area (Å²) in [5.74, 6) is 1.33. The molecule has 3 nitrogen and oxygen atoms in total. The van der Waals surface area contributed by atoms with Gasteiger partial charge in [-0.15, -0.1) is 0 Å². The molecule has 110 valence electrons. The first kappa shape index (κ1) is 17.9. The summed E-state index contributed by atoms with van der Waals surface area (Å²) in [4.78, 5) is 0. The van der Waals surface area contributed by atoms with Crippen molar-refractivity contribution in [3.05, 3.63) is 0 Å². The van der Waals surface area contributed by atoms with Gasteiger partial charge in [-0.1, -0.05) is 27.7 Å². The molecule has 0 aliphatic rings. The molecule has 3 heteroatoms. The third kappa shape index (κ3) is 11.0. The van der Waals surface area contributed by atoms with Crippen molar-refractivity contribution in [3.8, 4) is 0 Å². The molecule has 0 bridgehead atoms. The van der Waals surface area contributed by atoms with Crippen LogP contribution in [0.3, 0.4) is 0 Å².